The summed E-state index contributed by atoms with van der Waals surface area (Å²) in [4.78, 5) is 16.0. The van der Waals surface area contributed by atoms with Gasteiger partial charge in [-0.2, -0.15) is 4.98 Å². The van der Waals surface area contributed by atoms with E-state index in [4.69, 9.17) is 14.2 Å². The van der Waals surface area contributed by atoms with Gasteiger partial charge in [-0.3, -0.25) is 9.36 Å². The van der Waals surface area contributed by atoms with Crippen LogP contribution in [0.3, 0.4) is 0 Å². The van der Waals surface area contributed by atoms with Crippen molar-refractivity contribution in [3.8, 4) is 6.01 Å². The summed E-state index contributed by atoms with van der Waals surface area (Å²) in [6.07, 6.45) is -2.47. The Morgan fingerprint density at radius 2 is 1.44 bits per heavy atom. The largest absolute Gasteiger partial charge is 0.455 e. The van der Waals surface area contributed by atoms with Crippen molar-refractivity contribution in [1.82, 2.24) is 9.55 Å². The SMILES string of the molecule is Cc1cn2c(nc1=O)O[C@@H]1[C@H](F)[C@H]2O[C@@H]1COC(c1ccccc1)(c1ccccc1)c1ccccc1. The average molecular weight is 485 g/mol. The van der Waals surface area contributed by atoms with Gasteiger partial charge in [-0.15, -0.1) is 0 Å². The molecule has 6 nitrogen and oxygen atoms in total. The zero-order valence-electron chi connectivity index (χ0n) is 19.7. The predicted octanol–water partition coefficient (Wildman–Crippen LogP) is 4.56. The van der Waals surface area contributed by atoms with Crippen LogP contribution < -0.4 is 10.3 Å². The molecule has 4 atom stereocenters. The molecule has 0 N–H and O–H groups in total. The fourth-order valence-electron chi connectivity index (χ4n) is 5.11. The minimum absolute atomic E-state index is 0.0536. The van der Waals surface area contributed by atoms with E-state index < -0.39 is 35.8 Å². The maximum atomic E-state index is 15.4. The van der Waals surface area contributed by atoms with Crippen molar-refractivity contribution in [3.05, 3.63) is 130 Å². The average Bonchev–Trinajstić information content (AvgIpc) is 3.13. The standard InChI is InChI=1S/C29H25FN2O4/c1-19-17-32-27-24(30)25(36-28(32)31-26(19)33)23(35-27)18-34-29(20-11-5-2-6-12-20,21-13-7-3-8-14-21)22-15-9-4-10-16-22/h2-17,23-25,27H,18H2,1H3/t23-,24+,25+,27-/m1/s1. The van der Waals surface area contributed by atoms with E-state index in [0.29, 0.717) is 5.56 Å². The fourth-order valence-corrected chi connectivity index (χ4v) is 5.11. The predicted molar refractivity (Wildman–Crippen MR) is 132 cm³/mol. The number of benzene rings is 3. The van der Waals surface area contributed by atoms with Crippen LogP contribution in [0, 0.1) is 6.92 Å². The van der Waals surface area contributed by atoms with E-state index in [9.17, 15) is 4.79 Å². The molecule has 2 bridgehead atoms. The molecule has 182 valence electrons. The van der Waals surface area contributed by atoms with Crippen molar-refractivity contribution < 1.29 is 18.6 Å². The van der Waals surface area contributed by atoms with Gasteiger partial charge in [-0.1, -0.05) is 91.0 Å². The topological polar surface area (TPSA) is 62.6 Å². The molecule has 2 aliphatic heterocycles. The van der Waals surface area contributed by atoms with Gasteiger partial charge in [0, 0.05) is 11.8 Å². The molecule has 3 heterocycles. The monoisotopic (exact) mass is 484 g/mol. The lowest BCUT2D eigenvalue weighted by Gasteiger charge is -2.37. The summed E-state index contributed by atoms with van der Waals surface area (Å²) in [5.74, 6) is 0. The zero-order chi connectivity index (χ0) is 24.7. The van der Waals surface area contributed by atoms with E-state index in [-0.39, 0.29) is 12.6 Å². The van der Waals surface area contributed by atoms with E-state index in [1.165, 1.54) is 10.8 Å². The lowest BCUT2D eigenvalue weighted by atomic mass is 9.80. The second-order valence-electron chi connectivity index (χ2n) is 9.10. The molecule has 6 rings (SSSR count). The van der Waals surface area contributed by atoms with Crippen LogP contribution >= 0.6 is 0 Å². The number of hydrogen-bond donors (Lipinski definition) is 0. The molecule has 0 saturated carbocycles. The van der Waals surface area contributed by atoms with Gasteiger partial charge in [0.15, 0.2) is 18.5 Å². The molecule has 1 fully saturated rings. The summed E-state index contributed by atoms with van der Waals surface area (Å²) < 4.78 is 35.6. The van der Waals surface area contributed by atoms with Gasteiger partial charge in [0.05, 0.1) is 6.61 Å². The Morgan fingerprint density at radius 1 is 0.917 bits per heavy atom. The van der Waals surface area contributed by atoms with Crippen LogP contribution in [0.5, 0.6) is 6.01 Å². The second-order valence-corrected chi connectivity index (χ2v) is 9.10. The third-order valence-electron chi connectivity index (χ3n) is 6.88. The summed E-state index contributed by atoms with van der Waals surface area (Å²) in [7, 11) is 0. The number of aromatic nitrogens is 2. The molecule has 7 heteroatoms. The fraction of sp³-hybridized carbons (Fsp3) is 0.241. The van der Waals surface area contributed by atoms with Gasteiger partial charge >= 0.3 is 6.01 Å². The molecular formula is C29H25FN2O4. The van der Waals surface area contributed by atoms with Crippen molar-refractivity contribution in [1.29, 1.82) is 0 Å². The highest BCUT2D eigenvalue weighted by molar-refractivity contribution is 5.47. The Balaban J connectivity index is 1.39. The number of rotatable bonds is 6. The van der Waals surface area contributed by atoms with Gasteiger partial charge < -0.3 is 14.2 Å². The molecule has 36 heavy (non-hydrogen) atoms. The first-order valence-electron chi connectivity index (χ1n) is 11.9. The minimum Gasteiger partial charge on any atom is -0.455 e. The number of hydrogen-bond acceptors (Lipinski definition) is 5. The van der Waals surface area contributed by atoms with Crippen molar-refractivity contribution >= 4 is 0 Å². The molecule has 3 aromatic carbocycles. The highest BCUT2D eigenvalue weighted by Gasteiger charge is 2.53. The summed E-state index contributed by atoms with van der Waals surface area (Å²) in [6, 6.07) is 29.9. The Hall–Kier alpha value is -3.81. The molecule has 0 unspecified atom stereocenters. The highest BCUT2D eigenvalue weighted by atomic mass is 19.1. The number of ether oxygens (including phenoxy) is 3. The third-order valence-corrected chi connectivity index (χ3v) is 6.88. The molecule has 0 radical (unpaired) electrons. The van der Waals surface area contributed by atoms with Gasteiger partial charge in [0.2, 0.25) is 0 Å². The van der Waals surface area contributed by atoms with Gasteiger partial charge in [-0.05, 0) is 23.6 Å². The second kappa shape index (κ2) is 9.00. The summed E-state index contributed by atoms with van der Waals surface area (Å²) >= 11 is 0. The number of aryl methyl sites for hydroxylation is 1. The van der Waals surface area contributed by atoms with Crippen LogP contribution in [-0.4, -0.2) is 34.5 Å². The maximum Gasteiger partial charge on any atom is 0.302 e. The number of nitrogens with zero attached hydrogens (tertiary/aromatic N) is 2. The Morgan fingerprint density at radius 3 is 1.97 bits per heavy atom. The molecule has 0 amide bonds. The van der Waals surface area contributed by atoms with Crippen LogP contribution in [0.1, 0.15) is 28.5 Å². The number of halogens is 1. The summed E-state index contributed by atoms with van der Waals surface area (Å²) in [6.45, 7) is 1.68. The smallest absolute Gasteiger partial charge is 0.302 e. The third kappa shape index (κ3) is 3.63. The van der Waals surface area contributed by atoms with E-state index in [1.54, 1.807) is 6.92 Å². The molecule has 2 aliphatic rings. The Labute approximate surface area is 207 Å². The van der Waals surface area contributed by atoms with Crippen LogP contribution in [0.4, 0.5) is 4.39 Å². The normalized spacial score (nSPS) is 22.6. The quantitative estimate of drug-likeness (QED) is 0.376. The van der Waals surface area contributed by atoms with Gasteiger partial charge in [-0.25, -0.2) is 4.39 Å². The van der Waals surface area contributed by atoms with E-state index >= 15 is 4.39 Å². The van der Waals surface area contributed by atoms with Crippen LogP contribution in [0.25, 0.3) is 0 Å². The molecule has 1 aromatic heterocycles. The van der Waals surface area contributed by atoms with E-state index in [1.807, 2.05) is 91.0 Å². The Bertz CT molecular complexity index is 1320. The molecule has 0 aliphatic carbocycles. The molecular weight excluding hydrogens is 459 g/mol. The minimum atomic E-state index is -1.42. The first kappa shape index (κ1) is 22.6. The molecule has 1 saturated heterocycles. The van der Waals surface area contributed by atoms with Crippen molar-refractivity contribution in [2.75, 3.05) is 6.61 Å². The maximum absolute atomic E-state index is 15.4. The molecule has 0 spiro atoms. The summed E-state index contributed by atoms with van der Waals surface area (Å²) in [5, 5.41) is 0. The van der Waals surface area contributed by atoms with E-state index in [2.05, 4.69) is 4.98 Å². The summed E-state index contributed by atoms with van der Waals surface area (Å²) in [5.41, 5.74) is 1.84. The number of fused-ring (bicyclic) bond motifs is 4. The first-order valence-corrected chi connectivity index (χ1v) is 11.9. The Kier molecular flexibility index (Phi) is 5.66. The lowest BCUT2D eigenvalue weighted by Crippen LogP contribution is -2.43. The lowest BCUT2D eigenvalue weighted by molar-refractivity contribution is -0.0830. The highest BCUT2D eigenvalue weighted by Crippen LogP contribution is 2.44. The van der Waals surface area contributed by atoms with Gasteiger partial charge in [0.25, 0.3) is 5.56 Å². The zero-order valence-corrected chi connectivity index (χ0v) is 19.7. The first-order chi connectivity index (χ1) is 17.6. The van der Waals surface area contributed by atoms with Crippen LogP contribution in [0.2, 0.25) is 0 Å². The van der Waals surface area contributed by atoms with Crippen molar-refractivity contribution in [2.45, 2.75) is 37.1 Å². The van der Waals surface area contributed by atoms with Crippen LogP contribution in [-0.2, 0) is 15.1 Å². The van der Waals surface area contributed by atoms with Crippen molar-refractivity contribution in [3.63, 3.8) is 0 Å². The molecule has 4 aromatic rings. The van der Waals surface area contributed by atoms with Gasteiger partial charge in [0.1, 0.15) is 11.7 Å². The van der Waals surface area contributed by atoms with Crippen molar-refractivity contribution in [2.24, 2.45) is 0 Å². The van der Waals surface area contributed by atoms with Crippen LogP contribution in [0.15, 0.2) is 102 Å². The number of alkyl halides is 1. The van der Waals surface area contributed by atoms with E-state index in [0.717, 1.165) is 16.7 Å².